The third-order valence-electron chi connectivity index (χ3n) is 6.56. The molecule has 0 atom stereocenters. The second-order valence-electron chi connectivity index (χ2n) is 9.20. The van der Waals surface area contributed by atoms with Gasteiger partial charge in [-0.3, -0.25) is 9.71 Å². The number of hydrogen-bond acceptors (Lipinski definition) is 8. The van der Waals surface area contributed by atoms with E-state index < -0.39 is 10.0 Å². The van der Waals surface area contributed by atoms with Crippen LogP contribution < -0.4 is 15.8 Å². The molecule has 11 heteroatoms. The molecule has 5 rings (SSSR count). The van der Waals surface area contributed by atoms with E-state index in [1.165, 1.54) is 24.5 Å². The molecule has 0 aliphatic heterocycles. The lowest BCUT2D eigenvalue weighted by molar-refractivity contribution is 0.410. The van der Waals surface area contributed by atoms with Crippen LogP contribution in [0.1, 0.15) is 38.2 Å². The summed E-state index contributed by atoms with van der Waals surface area (Å²) in [6.07, 6.45) is 9.58. The minimum Gasteiger partial charge on any atom is -0.351 e. The highest BCUT2D eigenvalue weighted by Gasteiger charge is 2.20. The van der Waals surface area contributed by atoms with Crippen molar-refractivity contribution in [3.63, 3.8) is 0 Å². The van der Waals surface area contributed by atoms with E-state index in [0.29, 0.717) is 23.7 Å². The maximum Gasteiger partial charge on any atom is 0.264 e. The Bertz CT molecular complexity index is 1520. The third-order valence-corrected chi connectivity index (χ3v) is 8.42. The van der Waals surface area contributed by atoms with E-state index in [4.69, 9.17) is 22.3 Å². The Morgan fingerprint density at radius 1 is 1.03 bits per heavy atom. The molecule has 37 heavy (non-hydrogen) atoms. The largest absolute Gasteiger partial charge is 0.351 e. The molecule has 0 bridgehead atoms. The van der Waals surface area contributed by atoms with Crippen LogP contribution in [0.4, 0.5) is 11.8 Å². The standard InChI is InChI=1S/C26H28ClN7O2S/c1-2-16-11-17(12-18-13-31-26(33-25(16)18)32-20-9-7-19(28)8-10-20)22-14-30-24(15-29-22)34-37(35,36)23-6-4-3-5-21(23)27/h3-6,11-15,19-20H,2,7-10,28H2,1H3,(H,30,34)(H,31,32,33)/t19-,20-. The number of nitrogens with two attached hydrogens (primary N) is 1. The lowest BCUT2D eigenvalue weighted by Gasteiger charge is -2.26. The maximum absolute atomic E-state index is 12.7. The first-order valence-electron chi connectivity index (χ1n) is 12.2. The van der Waals surface area contributed by atoms with Gasteiger partial charge in [0.1, 0.15) is 4.90 Å². The Balaban J connectivity index is 1.37. The Morgan fingerprint density at radius 2 is 1.81 bits per heavy atom. The Hall–Kier alpha value is -3.34. The zero-order valence-corrected chi connectivity index (χ0v) is 21.9. The van der Waals surface area contributed by atoms with Gasteiger partial charge in [-0.2, -0.15) is 0 Å². The molecule has 9 nitrogen and oxygen atoms in total. The quantitative estimate of drug-likeness (QED) is 0.306. The van der Waals surface area contributed by atoms with E-state index in [2.05, 4.69) is 31.9 Å². The van der Waals surface area contributed by atoms with Crippen LogP contribution in [0.3, 0.4) is 0 Å². The van der Waals surface area contributed by atoms with E-state index in [-0.39, 0.29) is 15.7 Å². The highest BCUT2D eigenvalue weighted by molar-refractivity contribution is 7.92. The topological polar surface area (TPSA) is 136 Å². The van der Waals surface area contributed by atoms with Crippen molar-refractivity contribution in [2.45, 2.75) is 56.0 Å². The first-order chi connectivity index (χ1) is 17.8. The van der Waals surface area contributed by atoms with Gasteiger partial charge in [-0.05, 0) is 61.9 Å². The molecule has 1 aliphatic carbocycles. The van der Waals surface area contributed by atoms with Gasteiger partial charge in [0.25, 0.3) is 10.0 Å². The fourth-order valence-electron chi connectivity index (χ4n) is 4.54. The predicted octanol–water partition coefficient (Wildman–Crippen LogP) is 4.79. The van der Waals surface area contributed by atoms with Crippen molar-refractivity contribution < 1.29 is 8.42 Å². The fourth-order valence-corrected chi connectivity index (χ4v) is 6.05. The van der Waals surface area contributed by atoms with Gasteiger partial charge < -0.3 is 11.1 Å². The van der Waals surface area contributed by atoms with Crippen molar-refractivity contribution in [2.24, 2.45) is 5.73 Å². The number of benzene rings is 2. The molecular formula is C26H28ClN7O2S. The van der Waals surface area contributed by atoms with Gasteiger partial charge in [-0.1, -0.05) is 30.7 Å². The number of anilines is 2. The second-order valence-corrected chi connectivity index (χ2v) is 11.3. The summed E-state index contributed by atoms with van der Waals surface area (Å²) in [5, 5.41) is 4.50. The minimum atomic E-state index is -3.89. The van der Waals surface area contributed by atoms with Crippen molar-refractivity contribution in [1.29, 1.82) is 0 Å². The number of hydrogen-bond donors (Lipinski definition) is 3. The average molecular weight is 538 g/mol. The van der Waals surface area contributed by atoms with Gasteiger partial charge in [-0.25, -0.2) is 23.4 Å². The number of fused-ring (bicyclic) bond motifs is 1. The van der Waals surface area contributed by atoms with Crippen LogP contribution in [-0.2, 0) is 16.4 Å². The number of rotatable bonds is 7. The average Bonchev–Trinajstić information content (AvgIpc) is 2.90. The summed E-state index contributed by atoms with van der Waals surface area (Å²) < 4.78 is 27.8. The number of halogens is 1. The van der Waals surface area contributed by atoms with Crippen LogP contribution in [-0.4, -0.2) is 40.4 Å². The Morgan fingerprint density at radius 3 is 2.51 bits per heavy atom. The van der Waals surface area contributed by atoms with E-state index in [0.717, 1.165) is 54.1 Å². The molecule has 4 aromatic rings. The monoisotopic (exact) mass is 537 g/mol. The predicted molar refractivity (Wildman–Crippen MR) is 146 cm³/mol. The van der Waals surface area contributed by atoms with Gasteiger partial charge in [0.15, 0.2) is 5.82 Å². The lowest BCUT2D eigenvalue weighted by Crippen LogP contribution is -2.33. The third kappa shape index (κ3) is 5.66. The van der Waals surface area contributed by atoms with E-state index in [1.54, 1.807) is 12.1 Å². The first kappa shape index (κ1) is 25.3. The molecule has 0 unspecified atom stereocenters. The van der Waals surface area contributed by atoms with Crippen LogP contribution in [0.25, 0.3) is 22.2 Å². The second kappa shape index (κ2) is 10.6. The molecular weight excluding hydrogens is 510 g/mol. The number of aromatic nitrogens is 4. The van der Waals surface area contributed by atoms with E-state index in [1.807, 2.05) is 18.3 Å². The van der Waals surface area contributed by atoms with Gasteiger partial charge in [0.2, 0.25) is 5.95 Å². The van der Waals surface area contributed by atoms with Crippen molar-refractivity contribution in [3.8, 4) is 11.3 Å². The number of nitrogens with one attached hydrogen (secondary N) is 2. The van der Waals surface area contributed by atoms with Crippen LogP contribution in [0.5, 0.6) is 0 Å². The summed E-state index contributed by atoms with van der Waals surface area (Å²) in [6.45, 7) is 2.08. The Labute approximate surface area is 221 Å². The van der Waals surface area contributed by atoms with Crippen LogP contribution >= 0.6 is 11.6 Å². The van der Waals surface area contributed by atoms with Crippen LogP contribution in [0.2, 0.25) is 5.02 Å². The minimum absolute atomic E-state index is 0.0226. The molecule has 2 aromatic carbocycles. The summed E-state index contributed by atoms with van der Waals surface area (Å²) in [7, 11) is -3.89. The molecule has 1 saturated carbocycles. The van der Waals surface area contributed by atoms with Crippen molar-refractivity contribution >= 4 is 44.3 Å². The summed E-state index contributed by atoms with van der Waals surface area (Å²) >= 11 is 6.05. The number of nitrogens with zero attached hydrogens (tertiary/aromatic N) is 4. The van der Waals surface area contributed by atoms with Gasteiger partial charge in [-0.15, -0.1) is 0 Å². The van der Waals surface area contributed by atoms with Gasteiger partial charge in [0, 0.05) is 29.2 Å². The van der Waals surface area contributed by atoms with Crippen LogP contribution in [0.15, 0.2) is 59.9 Å². The molecule has 2 aromatic heterocycles. The molecule has 0 radical (unpaired) electrons. The first-order valence-corrected chi connectivity index (χ1v) is 14.1. The highest BCUT2D eigenvalue weighted by atomic mass is 35.5. The molecule has 1 fully saturated rings. The van der Waals surface area contributed by atoms with E-state index in [9.17, 15) is 8.42 Å². The fraction of sp³-hybridized carbons (Fsp3) is 0.308. The smallest absolute Gasteiger partial charge is 0.264 e. The van der Waals surface area contributed by atoms with Crippen molar-refractivity contribution in [2.75, 3.05) is 10.0 Å². The summed E-state index contributed by atoms with van der Waals surface area (Å²) in [5.41, 5.74) is 9.45. The number of sulfonamides is 1. The molecule has 1 aliphatic rings. The molecule has 192 valence electrons. The molecule has 0 amide bonds. The lowest BCUT2D eigenvalue weighted by atomic mass is 9.92. The molecule has 4 N–H and O–H groups in total. The van der Waals surface area contributed by atoms with Crippen LogP contribution in [0, 0.1) is 0 Å². The summed E-state index contributed by atoms with van der Waals surface area (Å²) in [4.78, 5) is 18.0. The van der Waals surface area contributed by atoms with Gasteiger partial charge >= 0.3 is 0 Å². The molecule has 0 spiro atoms. The molecule has 2 heterocycles. The molecule has 0 saturated heterocycles. The van der Waals surface area contributed by atoms with E-state index >= 15 is 0 Å². The van der Waals surface area contributed by atoms with Crippen molar-refractivity contribution in [3.05, 3.63) is 65.6 Å². The normalized spacial score (nSPS) is 18.0. The van der Waals surface area contributed by atoms with Crippen molar-refractivity contribution in [1.82, 2.24) is 19.9 Å². The maximum atomic E-state index is 12.7. The highest BCUT2D eigenvalue weighted by Crippen LogP contribution is 2.28. The van der Waals surface area contributed by atoms with Gasteiger partial charge in [0.05, 0.1) is 28.6 Å². The Kier molecular flexibility index (Phi) is 7.23. The number of aryl methyl sites for hydroxylation is 1. The summed E-state index contributed by atoms with van der Waals surface area (Å²) in [5.74, 6) is 0.730. The zero-order chi connectivity index (χ0) is 26.0. The SMILES string of the molecule is CCc1cc(-c2cnc(NS(=O)(=O)c3ccccc3Cl)cn2)cc2cnc(N[C@H]3CC[C@H](N)CC3)nc12. The zero-order valence-electron chi connectivity index (χ0n) is 20.4. The summed E-state index contributed by atoms with van der Waals surface area (Å²) in [6, 6.07) is 10.9.